The van der Waals surface area contributed by atoms with Crippen LogP contribution in [0.4, 0.5) is 13.2 Å². The SMILES string of the molecule is CCC(C1CCC(NC=O)CC1)C(CO)C(F)(F)F.COCc1ccccc1. The molecule has 2 rings (SSSR count). The molecule has 0 bridgehead atoms. The third kappa shape index (κ3) is 8.19. The molecule has 7 heteroatoms. The van der Waals surface area contributed by atoms with Crippen molar-refractivity contribution in [3.05, 3.63) is 35.9 Å². The fraction of sp³-hybridized carbons (Fsp3) is 0.667. The molecule has 28 heavy (non-hydrogen) atoms. The van der Waals surface area contributed by atoms with Crippen LogP contribution in [-0.4, -0.2) is 37.5 Å². The van der Waals surface area contributed by atoms with Gasteiger partial charge in [0.25, 0.3) is 0 Å². The zero-order valence-electron chi connectivity index (χ0n) is 16.6. The summed E-state index contributed by atoms with van der Waals surface area (Å²) in [6, 6.07) is 10.2. The van der Waals surface area contributed by atoms with Crippen molar-refractivity contribution in [1.82, 2.24) is 5.32 Å². The van der Waals surface area contributed by atoms with E-state index >= 15 is 0 Å². The Hall–Kier alpha value is -1.60. The molecule has 0 spiro atoms. The van der Waals surface area contributed by atoms with Gasteiger partial charge in [0.1, 0.15) is 0 Å². The number of aliphatic hydroxyl groups is 1. The van der Waals surface area contributed by atoms with Crippen LogP contribution in [0.25, 0.3) is 0 Å². The predicted molar refractivity (Wildman–Crippen MR) is 103 cm³/mol. The van der Waals surface area contributed by atoms with E-state index in [1.54, 1.807) is 14.0 Å². The molecular weight excluding hydrogens is 371 g/mol. The molecule has 2 unspecified atom stereocenters. The quantitative estimate of drug-likeness (QED) is 0.636. The van der Waals surface area contributed by atoms with Crippen molar-refractivity contribution in [2.45, 2.75) is 57.9 Å². The minimum Gasteiger partial charge on any atom is -0.396 e. The summed E-state index contributed by atoms with van der Waals surface area (Å²) in [6.07, 6.45) is -0.484. The van der Waals surface area contributed by atoms with Gasteiger partial charge in [0.2, 0.25) is 6.41 Å². The van der Waals surface area contributed by atoms with Crippen LogP contribution in [0.3, 0.4) is 0 Å². The number of halogens is 3. The lowest BCUT2D eigenvalue weighted by atomic mass is 9.72. The Morgan fingerprint density at radius 1 is 1.21 bits per heavy atom. The molecule has 0 radical (unpaired) electrons. The van der Waals surface area contributed by atoms with E-state index in [9.17, 15) is 18.0 Å². The van der Waals surface area contributed by atoms with Crippen molar-refractivity contribution in [3.8, 4) is 0 Å². The minimum absolute atomic E-state index is 0.0199. The zero-order chi connectivity index (χ0) is 21.0. The lowest BCUT2D eigenvalue weighted by Crippen LogP contribution is -2.40. The lowest BCUT2D eigenvalue weighted by molar-refractivity contribution is -0.205. The number of hydrogen-bond donors (Lipinski definition) is 2. The Morgan fingerprint density at radius 2 is 1.82 bits per heavy atom. The van der Waals surface area contributed by atoms with Gasteiger partial charge in [0.15, 0.2) is 0 Å². The first-order valence-corrected chi connectivity index (χ1v) is 9.77. The van der Waals surface area contributed by atoms with Gasteiger partial charge in [-0.1, -0.05) is 43.7 Å². The van der Waals surface area contributed by atoms with Gasteiger partial charge >= 0.3 is 6.18 Å². The second-order valence-electron chi connectivity index (χ2n) is 7.22. The molecule has 160 valence electrons. The van der Waals surface area contributed by atoms with Crippen LogP contribution in [0.15, 0.2) is 30.3 Å². The van der Waals surface area contributed by atoms with Crippen LogP contribution in [0.2, 0.25) is 0 Å². The molecule has 4 nitrogen and oxygen atoms in total. The molecule has 1 saturated carbocycles. The highest BCUT2D eigenvalue weighted by atomic mass is 19.4. The summed E-state index contributed by atoms with van der Waals surface area (Å²) in [5.41, 5.74) is 1.22. The number of carbonyl (C=O) groups is 1. The first-order chi connectivity index (χ1) is 13.4. The number of alkyl halides is 3. The second kappa shape index (κ2) is 12.8. The van der Waals surface area contributed by atoms with Crippen molar-refractivity contribution in [1.29, 1.82) is 0 Å². The Labute approximate surface area is 165 Å². The number of methoxy groups -OCH3 is 1. The summed E-state index contributed by atoms with van der Waals surface area (Å²) < 4.78 is 43.6. The van der Waals surface area contributed by atoms with E-state index in [0.717, 1.165) is 12.8 Å². The maximum Gasteiger partial charge on any atom is 0.394 e. The molecule has 1 aromatic rings. The molecule has 0 heterocycles. The van der Waals surface area contributed by atoms with E-state index in [4.69, 9.17) is 9.84 Å². The fourth-order valence-electron chi connectivity index (χ4n) is 3.98. The molecule has 2 N–H and O–H groups in total. The summed E-state index contributed by atoms with van der Waals surface area (Å²) in [7, 11) is 1.70. The monoisotopic (exact) mass is 403 g/mol. The van der Waals surface area contributed by atoms with Crippen molar-refractivity contribution in [2.75, 3.05) is 13.7 Å². The number of ether oxygens (including phenoxy) is 1. The van der Waals surface area contributed by atoms with Crippen molar-refractivity contribution >= 4 is 6.41 Å². The Morgan fingerprint density at radius 3 is 2.25 bits per heavy atom. The van der Waals surface area contributed by atoms with Gasteiger partial charge in [-0.2, -0.15) is 13.2 Å². The number of nitrogens with one attached hydrogen (secondary N) is 1. The number of carbonyl (C=O) groups excluding carboxylic acids is 1. The van der Waals surface area contributed by atoms with Gasteiger partial charge in [0, 0.05) is 13.2 Å². The number of rotatable bonds is 8. The summed E-state index contributed by atoms with van der Waals surface area (Å²) >= 11 is 0. The molecule has 1 aromatic carbocycles. The third-order valence-electron chi connectivity index (χ3n) is 5.44. The highest BCUT2D eigenvalue weighted by Crippen LogP contribution is 2.42. The standard InChI is InChI=1S/C13H22F3NO2.C8H10O/c1-2-11(12(7-18)13(14,15)16)9-3-5-10(6-4-9)17-8-19;1-9-7-8-5-3-2-4-6-8/h8-12,18H,2-7H2,1H3,(H,17,19);2-6H,7H2,1H3. The Balaban J connectivity index is 0.000000362. The Kier molecular flexibility index (Phi) is 11.2. The van der Waals surface area contributed by atoms with Gasteiger partial charge in [0.05, 0.1) is 19.1 Å². The first kappa shape index (κ1) is 24.4. The fourth-order valence-corrected chi connectivity index (χ4v) is 3.98. The van der Waals surface area contributed by atoms with E-state index < -0.39 is 24.6 Å². The van der Waals surface area contributed by atoms with Crippen LogP contribution in [0, 0.1) is 17.8 Å². The Bertz CT molecular complexity index is 531. The topological polar surface area (TPSA) is 58.6 Å². The average molecular weight is 403 g/mol. The molecule has 0 aliphatic heterocycles. The van der Waals surface area contributed by atoms with Gasteiger partial charge < -0.3 is 15.2 Å². The van der Waals surface area contributed by atoms with E-state index in [2.05, 4.69) is 5.32 Å². The molecule has 2 atom stereocenters. The second-order valence-corrected chi connectivity index (χ2v) is 7.22. The lowest BCUT2D eigenvalue weighted by Gasteiger charge is -2.37. The van der Waals surface area contributed by atoms with Crippen LogP contribution < -0.4 is 5.32 Å². The van der Waals surface area contributed by atoms with Crippen molar-refractivity contribution in [2.24, 2.45) is 17.8 Å². The zero-order valence-corrected chi connectivity index (χ0v) is 16.6. The highest BCUT2D eigenvalue weighted by Gasteiger charge is 2.46. The van der Waals surface area contributed by atoms with E-state index in [0.29, 0.717) is 32.3 Å². The normalized spacial score (nSPS) is 21.8. The summed E-state index contributed by atoms with van der Waals surface area (Å²) in [5, 5.41) is 11.7. The van der Waals surface area contributed by atoms with Crippen LogP contribution in [-0.2, 0) is 16.1 Å². The minimum atomic E-state index is -4.34. The predicted octanol–water partition coefficient (Wildman–Crippen LogP) is 4.32. The van der Waals surface area contributed by atoms with Crippen LogP contribution in [0.5, 0.6) is 0 Å². The smallest absolute Gasteiger partial charge is 0.394 e. The number of hydrogen-bond acceptors (Lipinski definition) is 3. The summed E-state index contributed by atoms with van der Waals surface area (Å²) in [6.45, 7) is 1.62. The summed E-state index contributed by atoms with van der Waals surface area (Å²) in [5.74, 6) is -2.17. The maximum atomic E-state index is 12.9. The molecule has 1 fully saturated rings. The molecule has 1 amide bonds. The molecule has 1 aliphatic carbocycles. The van der Waals surface area contributed by atoms with E-state index in [-0.39, 0.29) is 12.0 Å². The first-order valence-electron chi connectivity index (χ1n) is 9.77. The van der Waals surface area contributed by atoms with Gasteiger partial charge in [-0.05, 0) is 43.1 Å². The number of amides is 1. The average Bonchev–Trinajstić information content (AvgIpc) is 2.68. The summed E-state index contributed by atoms with van der Waals surface area (Å²) in [4.78, 5) is 10.3. The van der Waals surface area contributed by atoms with E-state index in [1.807, 2.05) is 30.3 Å². The number of benzene rings is 1. The van der Waals surface area contributed by atoms with Crippen LogP contribution in [0.1, 0.15) is 44.6 Å². The van der Waals surface area contributed by atoms with Gasteiger partial charge in [-0.3, -0.25) is 4.79 Å². The molecule has 0 aromatic heterocycles. The van der Waals surface area contributed by atoms with Gasteiger partial charge in [-0.25, -0.2) is 0 Å². The molecule has 0 saturated heterocycles. The number of aliphatic hydroxyl groups excluding tert-OH is 1. The highest BCUT2D eigenvalue weighted by molar-refractivity contribution is 5.46. The van der Waals surface area contributed by atoms with Crippen LogP contribution >= 0.6 is 0 Å². The third-order valence-corrected chi connectivity index (χ3v) is 5.44. The molecular formula is C21H32F3NO3. The van der Waals surface area contributed by atoms with E-state index in [1.165, 1.54) is 5.56 Å². The van der Waals surface area contributed by atoms with Crippen molar-refractivity contribution < 1.29 is 27.8 Å². The molecule has 1 aliphatic rings. The van der Waals surface area contributed by atoms with Crippen molar-refractivity contribution in [3.63, 3.8) is 0 Å². The maximum absolute atomic E-state index is 12.9. The largest absolute Gasteiger partial charge is 0.396 e. The van der Waals surface area contributed by atoms with Gasteiger partial charge in [-0.15, -0.1) is 0 Å².